The molecule has 3 heterocycles. The Hall–Kier alpha value is -2.31. The Labute approximate surface area is 155 Å². The van der Waals surface area contributed by atoms with Crippen LogP contribution in [-0.4, -0.2) is 26.4 Å². The second-order valence-electron chi connectivity index (χ2n) is 6.74. The zero-order valence-electron chi connectivity index (χ0n) is 14.7. The van der Waals surface area contributed by atoms with Crippen molar-refractivity contribution >= 4 is 22.5 Å². The van der Waals surface area contributed by atoms with Crippen molar-refractivity contribution in [1.29, 1.82) is 0 Å². The summed E-state index contributed by atoms with van der Waals surface area (Å²) in [5, 5.41) is 1.17. The summed E-state index contributed by atoms with van der Waals surface area (Å²) in [4.78, 5) is 25.2. The maximum atomic E-state index is 12.9. The average molecular weight is 374 g/mol. The van der Waals surface area contributed by atoms with Gasteiger partial charge in [-0.15, -0.1) is 0 Å². The molecule has 1 atom stereocenters. The lowest BCUT2D eigenvalue weighted by molar-refractivity contribution is 0.0975. The molecule has 0 amide bonds. The molecule has 26 heavy (non-hydrogen) atoms. The van der Waals surface area contributed by atoms with Gasteiger partial charge in [-0.05, 0) is 30.5 Å². The van der Waals surface area contributed by atoms with Gasteiger partial charge in [0.05, 0.1) is 22.7 Å². The predicted octanol–water partition coefficient (Wildman–Crippen LogP) is 2.54. The van der Waals surface area contributed by atoms with E-state index in [1.807, 2.05) is 22.9 Å². The molecular formula is C19H20ClN3O3. The Balaban J connectivity index is 2.02. The highest BCUT2D eigenvalue weighted by Gasteiger charge is 2.23. The number of fused-ring (bicyclic) bond motifs is 1. The molecule has 3 aromatic rings. The Morgan fingerprint density at radius 3 is 2.54 bits per heavy atom. The van der Waals surface area contributed by atoms with E-state index in [1.54, 1.807) is 19.2 Å². The summed E-state index contributed by atoms with van der Waals surface area (Å²) in [5.74, 6) is 0. The van der Waals surface area contributed by atoms with Crippen molar-refractivity contribution < 1.29 is 4.74 Å². The largest absolute Gasteiger partial charge is 0.376 e. The molecule has 1 saturated heterocycles. The zero-order chi connectivity index (χ0) is 18.4. The monoisotopic (exact) mass is 373 g/mol. The number of aryl methyl sites for hydroxylation is 1. The fourth-order valence-corrected chi connectivity index (χ4v) is 3.79. The van der Waals surface area contributed by atoms with E-state index < -0.39 is 0 Å². The van der Waals surface area contributed by atoms with Gasteiger partial charge in [-0.3, -0.25) is 13.9 Å². The van der Waals surface area contributed by atoms with Crippen molar-refractivity contribution in [1.82, 2.24) is 13.7 Å². The lowest BCUT2D eigenvalue weighted by Crippen LogP contribution is -2.36. The van der Waals surface area contributed by atoms with Gasteiger partial charge in [0.15, 0.2) is 0 Å². The van der Waals surface area contributed by atoms with Gasteiger partial charge in [0.2, 0.25) is 0 Å². The molecule has 136 valence electrons. The summed E-state index contributed by atoms with van der Waals surface area (Å²) < 4.78 is 10.5. The maximum absolute atomic E-state index is 12.9. The van der Waals surface area contributed by atoms with E-state index in [2.05, 4.69) is 0 Å². The van der Waals surface area contributed by atoms with Crippen LogP contribution >= 0.6 is 11.6 Å². The maximum Gasteiger partial charge on any atom is 0.330 e. The van der Waals surface area contributed by atoms with Crippen LogP contribution in [0.3, 0.4) is 0 Å². The van der Waals surface area contributed by atoms with Crippen LogP contribution in [0.4, 0.5) is 0 Å². The van der Waals surface area contributed by atoms with Crippen LogP contribution in [0.1, 0.15) is 12.8 Å². The van der Waals surface area contributed by atoms with Crippen molar-refractivity contribution in [2.24, 2.45) is 14.1 Å². The molecule has 1 fully saturated rings. The van der Waals surface area contributed by atoms with Crippen LogP contribution in [0.5, 0.6) is 0 Å². The van der Waals surface area contributed by atoms with E-state index in [9.17, 15) is 9.59 Å². The number of halogens is 1. The Bertz CT molecular complexity index is 1090. The van der Waals surface area contributed by atoms with E-state index in [1.165, 1.54) is 11.6 Å². The predicted molar refractivity (Wildman–Crippen MR) is 102 cm³/mol. The first kappa shape index (κ1) is 17.1. The molecule has 0 unspecified atom stereocenters. The summed E-state index contributed by atoms with van der Waals surface area (Å²) in [7, 11) is 3.19. The van der Waals surface area contributed by atoms with Crippen molar-refractivity contribution in [3.05, 3.63) is 56.3 Å². The molecule has 4 rings (SSSR count). The molecule has 0 N–H and O–H groups in total. The first-order valence-electron chi connectivity index (χ1n) is 8.64. The summed E-state index contributed by atoms with van der Waals surface area (Å²) in [6.07, 6.45) is 4.03. The third-order valence-corrected chi connectivity index (χ3v) is 5.31. The topological polar surface area (TPSA) is 58.2 Å². The number of ether oxygens (including phenoxy) is 1. The SMILES string of the molecule is Cn1c(=O)c2c(-c3ccc(Cl)cc3)n(C[C@H]3CCCO3)cc2n(C)c1=O. The van der Waals surface area contributed by atoms with Crippen molar-refractivity contribution in [3.63, 3.8) is 0 Å². The minimum absolute atomic E-state index is 0.115. The number of aromatic nitrogens is 3. The minimum atomic E-state index is -0.334. The van der Waals surface area contributed by atoms with Gasteiger partial charge >= 0.3 is 5.69 Å². The Morgan fingerprint density at radius 2 is 1.88 bits per heavy atom. The van der Waals surface area contributed by atoms with Gasteiger partial charge in [0.1, 0.15) is 0 Å². The summed E-state index contributed by atoms with van der Waals surface area (Å²) in [6.45, 7) is 1.41. The van der Waals surface area contributed by atoms with Gasteiger partial charge in [-0.25, -0.2) is 4.79 Å². The standard InChI is InChI=1S/C19H20ClN3O3/c1-21-15-11-23(10-14-4-3-9-26-14)17(12-5-7-13(20)8-6-12)16(15)18(24)22(2)19(21)25/h5-8,11,14H,3-4,9-10H2,1-2H3/t14-/m1/s1. The molecule has 1 aliphatic heterocycles. The van der Waals surface area contributed by atoms with E-state index >= 15 is 0 Å². The van der Waals surface area contributed by atoms with Crippen LogP contribution in [0.15, 0.2) is 40.1 Å². The van der Waals surface area contributed by atoms with Crippen LogP contribution < -0.4 is 11.2 Å². The fraction of sp³-hybridized carbons (Fsp3) is 0.368. The van der Waals surface area contributed by atoms with E-state index in [0.29, 0.717) is 22.5 Å². The Kier molecular flexibility index (Phi) is 4.25. The normalized spacial score (nSPS) is 17.3. The fourth-order valence-electron chi connectivity index (χ4n) is 3.66. The summed E-state index contributed by atoms with van der Waals surface area (Å²) in [5.41, 5.74) is 1.68. The molecule has 7 heteroatoms. The molecule has 0 aliphatic carbocycles. The van der Waals surface area contributed by atoms with E-state index in [-0.39, 0.29) is 17.4 Å². The number of hydrogen-bond donors (Lipinski definition) is 0. The second kappa shape index (κ2) is 6.45. The lowest BCUT2D eigenvalue weighted by atomic mass is 10.1. The van der Waals surface area contributed by atoms with Gasteiger partial charge in [0, 0.05) is 38.5 Å². The number of nitrogens with zero attached hydrogens (tertiary/aromatic N) is 3. The van der Waals surface area contributed by atoms with Gasteiger partial charge in [-0.2, -0.15) is 0 Å². The van der Waals surface area contributed by atoms with Crippen LogP contribution in [0, 0.1) is 0 Å². The van der Waals surface area contributed by atoms with Crippen LogP contribution in [0.25, 0.3) is 22.2 Å². The van der Waals surface area contributed by atoms with Crippen molar-refractivity contribution in [2.45, 2.75) is 25.5 Å². The van der Waals surface area contributed by atoms with Crippen LogP contribution in [0.2, 0.25) is 5.02 Å². The zero-order valence-corrected chi connectivity index (χ0v) is 15.5. The molecule has 0 bridgehead atoms. The van der Waals surface area contributed by atoms with E-state index in [4.69, 9.17) is 16.3 Å². The lowest BCUT2D eigenvalue weighted by Gasteiger charge is -2.14. The molecule has 2 aromatic heterocycles. The smallest absolute Gasteiger partial charge is 0.330 e. The average Bonchev–Trinajstić information content (AvgIpc) is 3.27. The quantitative estimate of drug-likeness (QED) is 0.709. The van der Waals surface area contributed by atoms with Gasteiger partial charge in [-0.1, -0.05) is 23.7 Å². The Morgan fingerprint density at radius 1 is 1.15 bits per heavy atom. The van der Waals surface area contributed by atoms with Crippen molar-refractivity contribution in [3.8, 4) is 11.3 Å². The highest BCUT2D eigenvalue weighted by Crippen LogP contribution is 2.30. The molecule has 0 spiro atoms. The molecular weight excluding hydrogens is 354 g/mol. The van der Waals surface area contributed by atoms with E-state index in [0.717, 1.165) is 35.3 Å². The van der Waals surface area contributed by atoms with Crippen molar-refractivity contribution in [2.75, 3.05) is 6.61 Å². The molecule has 0 saturated carbocycles. The molecule has 1 aliphatic rings. The highest BCUT2D eigenvalue weighted by molar-refractivity contribution is 6.30. The first-order chi connectivity index (χ1) is 12.5. The minimum Gasteiger partial charge on any atom is -0.376 e. The third-order valence-electron chi connectivity index (χ3n) is 5.05. The number of hydrogen-bond acceptors (Lipinski definition) is 3. The second-order valence-corrected chi connectivity index (χ2v) is 7.17. The third kappa shape index (κ3) is 2.70. The number of benzene rings is 1. The van der Waals surface area contributed by atoms with Crippen LogP contribution in [-0.2, 0) is 25.4 Å². The van der Waals surface area contributed by atoms with Gasteiger partial charge in [0.25, 0.3) is 5.56 Å². The molecule has 1 aromatic carbocycles. The summed E-state index contributed by atoms with van der Waals surface area (Å²) >= 11 is 6.03. The number of rotatable bonds is 3. The highest BCUT2D eigenvalue weighted by atomic mass is 35.5. The first-order valence-corrected chi connectivity index (χ1v) is 9.01. The molecule has 6 nitrogen and oxygen atoms in total. The van der Waals surface area contributed by atoms with Gasteiger partial charge < -0.3 is 9.30 Å². The molecule has 0 radical (unpaired) electrons. The summed E-state index contributed by atoms with van der Waals surface area (Å²) in [6, 6.07) is 7.40.